The highest BCUT2D eigenvalue weighted by molar-refractivity contribution is 9.10. The molecule has 20 heavy (non-hydrogen) atoms. The van der Waals surface area contributed by atoms with Crippen LogP contribution in [0.25, 0.3) is 0 Å². The molecule has 3 nitrogen and oxygen atoms in total. The van der Waals surface area contributed by atoms with Gasteiger partial charge in [0.1, 0.15) is 11.6 Å². The fraction of sp³-hybridized carbons (Fsp3) is 0.133. The Bertz CT molecular complexity index is 614. The first-order valence-electron chi connectivity index (χ1n) is 5.99. The number of anilines is 1. The van der Waals surface area contributed by atoms with E-state index in [1.165, 1.54) is 12.1 Å². The SMILES string of the molecule is Cc1ccc(F)cc1NC(=O)COc1ccc(Br)cc1. The Morgan fingerprint density at radius 1 is 1.25 bits per heavy atom. The van der Waals surface area contributed by atoms with Crippen LogP contribution in [0.4, 0.5) is 10.1 Å². The Morgan fingerprint density at radius 2 is 1.95 bits per heavy atom. The van der Waals surface area contributed by atoms with Crippen molar-refractivity contribution in [2.75, 3.05) is 11.9 Å². The summed E-state index contributed by atoms with van der Waals surface area (Å²) >= 11 is 3.31. The minimum absolute atomic E-state index is 0.127. The van der Waals surface area contributed by atoms with Crippen LogP contribution in [0, 0.1) is 12.7 Å². The van der Waals surface area contributed by atoms with Crippen molar-refractivity contribution in [2.45, 2.75) is 6.92 Å². The molecular weight excluding hydrogens is 325 g/mol. The number of amides is 1. The van der Waals surface area contributed by atoms with E-state index in [2.05, 4.69) is 21.2 Å². The molecule has 1 amide bonds. The zero-order valence-electron chi connectivity index (χ0n) is 10.8. The second-order valence-corrected chi connectivity index (χ2v) is 5.17. The minimum Gasteiger partial charge on any atom is -0.484 e. The lowest BCUT2D eigenvalue weighted by Crippen LogP contribution is -2.20. The van der Waals surface area contributed by atoms with Crippen LogP contribution in [-0.4, -0.2) is 12.5 Å². The van der Waals surface area contributed by atoms with Gasteiger partial charge >= 0.3 is 0 Å². The molecule has 0 bridgehead atoms. The molecule has 0 aliphatic heterocycles. The molecule has 0 fully saturated rings. The van der Waals surface area contributed by atoms with Gasteiger partial charge < -0.3 is 10.1 Å². The van der Waals surface area contributed by atoms with Crippen LogP contribution >= 0.6 is 15.9 Å². The fourth-order valence-corrected chi connectivity index (χ4v) is 1.86. The molecule has 0 aromatic heterocycles. The largest absolute Gasteiger partial charge is 0.484 e. The smallest absolute Gasteiger partial charge is 0.262 e. The van der Waals surface area contributed by atoms with E-state index in [9.17, 15) is 9.18 Å². The molecule has 0 radical (unpaired) electrons. The van der Waals surface area contributed by atoms with Gasteiger partial charge in [-0.15, -0.1) is 0 Å². The van der Waals surface area contributed by atoms with Gasteiger partial charge in [0.05, 0.1) is 0 Å². The molecule has 1 N–H and O–H groups in total. The molecule has 0 unspecified atom stereocenters. The van der Waals surface area contributed by atoms with Gasteiger partial charge in [-0.05, 0) is 48.9 Å². The molecule has 2 aromatic rings. The number of halogens is 2. The van der Waals surface area contributed by atoms with E-state index in [0.717, 1.165) is 10.0 Å². The Hall–Kier alpha value is -1.88. The number of carbonyl (C=O) groups is 1. The third kappa shape index (κ3) is 4.06. The quantitative estimate of drug-likeness (QED) is 0.918. The van der Waals surface area contributed by atoms with Gasteiger partial charge in [0.2, 0.25) is 0 Å². The van der Waals surface area contributed by atoms with Crippen molar-refractivity contribution in [3.05, 3.63) is 58.3 Å². The van der Waals surface area contributed by atoms with Crippen LogP contribution in [0.15, 0.2) is 46.9 Å². The maximum Gasteiger partial charge on any atom is 0.262 e. The molecule has 2 rings (SSSR count). The van der Waals surface area contributed by atoms with Crippen molar-refractivity contribution in [3.8, 4) is 5.75 Å². The Kier molecular flexibility index (Phi) is 4.74. The van der Waals surface area contributed by atoms with E-state index in [-0.39, 0.29) is 18.3 Å². The molecule has 104 valence electrons. The van der Waals surface area contributed by atoms with Gasteiger partial charge in [0.25, 0.3) is 5.91 Å². The summed E-state index contributed by atoms with van der Waals surface area (Å²) in [4.78, 5) is 11.7. The van der Waals surface area contributed by atoms with Crippen molar-refractivity contribution >= 4 is 27.5 Å². The van der Waals surface area contributed by atoms with Crippen molar-refractivity contribution in [1.82, 2.24) is 0 Å². The molecule has 2 aromatic carbocycles. The number of aryl methyl sites for hydroxylation is 1. The Balaban J connectivity index is 1.92. The predicted molar refractivity (Wildman–Crippen MR) is 79.4 cm³/mol. The second kappa shape index (κ2) is 6.52. The highest BCUT2D eigenvalue weighted by atomic mass is 79.9. The molecule has 0 saturated heterocycles. The summed E-state index contributed by atoms with van der Waals surface area (Å²) in [5.74, 6) is -0.124. The van der Waals surface area contributed by atoms with Crippen LogP contribution in [-0.2, 0) is 4.79 Å². The minimum atomic E-state index is -0.389. The highest BCUT2D eigenvalue weighted by Crippen LogP contribution is 2.17. The Morgan fingerprint density at radius 3 is 2.65 bits per heavy atom. The zero-order valence-corrected chi connectivity index (χ0v) is 12.4. The first-order valence-corrected chi connectivity index (χ1v) is 6.78. The monoisotopic (exact) mass is 337 g/mol. The van der Waals surface area contributed by atoms with E-state index in [1.807, 2.05) is 12.1 Å². The summed E-state index contributed by atoms with van der Waals surface area (Å²) in [5, 5.41) is 2.62. The van der Waals surface area contributed by atoms with Gasteiger partial charge in [-0.1, -0.05) is 22.0 Å². The van der Waals surface area contributed by atoms with E-state index in [0.29, 0.717) is 11.4 Å². The normalized spacial score (nSPS) is 10.2. The van der Waals surface area contributed by atoms with Crippen LogP contribution in [0.2, 0.25) is 0 Å². The topological polar surface area (TPSA) is 38.3 Å². The number of nitrogens with one attached hydrogen (secondary N) is 1. The number of benzene rings is 2. The molecular formula is C15H13BrFNO2. The fourth-order valence-electron chi connectivity index (χ4n) is 1.59. The predicted octanol–water partition coefficient (Wildman–Crippen LogP) is 3.91. The molecule has 0 heterocycles. The van der Waals surface area contributed by atoms with E-state index < -0.39 is 0 Å². The van der Waals surface area contributed by atoms with Crippen LogP contribution < -0.4 is 10.1 Å². The molecule has 0 atom stereocenters. The third-order valence-corrected chi connectivity index (χ3v) is 3.19. The van der Waals surface area contributed by atoms with E-state index in [1.54, 1.807) is 25.1 Å². The molecule has 0 spiro atoms. The van der Waals surface area contributed by atoms with Crippen LogP contribution in [0.3, 0.4) is 0 Å². The number of hydrogen-bond acceptors (Lipinski definition) is 2. The maximum atomic E-state index is 13.1. The Labute approximate surface area is 124 Å². The standard InChI is InChI=1S/C15H13BrFNO2/c1-10-2-5-12(17)8-14(10)18-15(19)9-20-13-6-3-11(16)4-7-13/h2-8H,9H2,1H3,(H,18,19). The number of rotatable bonds is 4. The van der Waals surface area contributed by atoms with Gasteiger partial charge in [-0.3, -0.25) is 4.79 Å². The summed E-state index contributed by atoms with van der Waals surface area (Å²) < 4.78 is 19.4. The average Bonchev–Trinajstić information content (AvgIpc) is 2.42. The summed E-state index contributed by atoms with van der Waals surface area (Å²) in [6, 6.07) is 11.4. The van der Waals surface area contributed by atoms with Crippen molar-refractivity contribution in [2.24, 2.45) is 0 Å². The lowest BCUT2D eigenvalue weighted by atomic mass is 10.2. The summed E-state index contributed by atoms with van der Waals surface area (Å²) in [6.07, 6.45) is 0. The van der Waals surface area contributed by atoms with E-state index >= 15 is 0 Å². The second-order valence-electron chi connectivity index (χ2n) is 4.25. The summed E-state index contributed by atoms with van der Waals surface area (Å²) in [7, 11) is 0. The average molecular weight is 338 g/mol. The van der Waals surface area contributed by atoms with Crippen molar-refractivity contribution in [1.29, 1.82) is 0 Å². The maximum absolute atomic E-state index is 13.1. The summed E-state index contributed by atoms with van der Waals surface area (Å²) in [5.41, 5.74) is 1.25. The number of hydrogen-bond donors (Lipinski definition) is 1. The van der Waals surface area contributed by atoms with Gasteiger partial charge in [-0.2, -0.15) is 0 Å². The van der Waals surface area contributed by atoms with E-state index in [4.69, 9.17) is 4.74 Å². The molecule has 0 saturated carbocycles. The third-order valence-electron chi connectivity index (χ3n) is 2.66. The first kappa shape index (κ1) is 14.5. The highest BCUT2D eigenvalue weighted by Gasteiger charge is 2.07. The number of carbonyl (C=O) groups excluding carboxylic acids is 1. The number of ether oxygens (including phenoxy) is 1. The molecule has 0 aliphatic carbocycles. The first-order chi connectivity index (χ1) is 9.54. The summed E-state index contributed by atoms with van der Waals surface area (Å²) in [6.45, 7) is 1.67. The van der Waals surface area contributed by atoms with Gasteiger partial charge in [0.15, 0.2) is 6.61 Å². The van der Waals surface area contributed by atoms with Crippen LogP contribution in [0.5, 0.6) is 5.75 Å². The lowest BCUT2D eigenvalue weighted by molar-refractivity contribution is -0.118. The van der Waals surface area contributed by atoms with Gasteiger partial charge in [-0.25, -0.2) is 4.39 Å². The zero-order chi connectivity index (χ0) is 14.5. The van der Waals surface area contributed by atoms with Crippen LogP contribution in [0.1, 0.15) is 5.56 Å². The molecule has 5 heteroatoms. The van der Waals surface area contributed by atoms with Gasteiger partial charge in [0, 0.05) is 10.2 Å². The molecule has 0 aliphatic rings. The van der Waals surface area contributed by atoms with Crippen molar-refractivity contribution < 1.29 is 13.9 Å². The van der Waals surface area contributed by atoms with Crippen molar-refractivity contribution in [3.63, 3.8) is 0 Å². The lowest BCUT2D eigenvalue weighted by Gasteiger charge is -2.09.